The SMILES string of the molecule is CC(C)ON=C(c1ccc2c(c1)CCCC2)n1cncn1. The monoisotopic (exact) mass is 284 g/mol. The molecule has 0 spiro atoms. The standard InChI is InChI=1S/C16H20N4O/c1-12(2)21-19-16(20-11-17-10-18-20)15-8-7-13-5-3-4-6-14(13)9-15/h7-12H,3-6H2,1-2H3. The normalized spacial score (nSPS) is 15.1. The molecule has 0 amide bonds. The van der Waals surface area contributed by atoms with E-state index in [1.165, 1.54) is 36.7 Å². The van der Waals surface area contributed by atoms with Crippen LogP contribution in [0.2, 0.25) is 0 Å². The van der Waals surface area contributed by atoms with Crippen LogP contribution in [0.15, 0.2) is 36.0 Å². The van der Waals surface area contributed by atoms with Gasteiger partial charge in [0.2, 0.25) is 5.84 Å². The molecule has 0 radical (unpaired) electrons. The van der Waals surface area contributed by atoms with Gasteiger partial charge in [0, 0.05) is 5.56 Å². The van der Waals surface area contributed by atoms with Crippen molar-refractivity contribution in [3.63, 3.8) is 0 Å². The molecular formula is C16H20N4O. The second-order valence-electron chi connectivity index (χ2n) is 5.60. The molecule has 1 aromatic heterocycles. The van der Waals surface area contributed by atoms with Crippen molar-refractivity contribution in [2.45, 2.75) is 45.6 Å². The van der Waals surface area contributed by atoms with E-state index in [0.29, 0.717) is 5.84 Å². The molecule has 0 bridgehead atoms. The Morgan fingerprint density at radius 2 is 2.05 bits per heavy atom. The Bertz CT molecular complexity index is 632. The zero-order chi connectivity index (χ0) is 14.7. The van der Waals surface area contributed by atoms with Gasteiger partial charge in [0.25, 0.3) is 0 Å². The van der Waals surface area contributed by atoms with Crippen LogP contribution in [0, 0.1) is 0 Å². The topological polar surface area (TPSA) is 52.3 Å². The van der Waals surface area contributed by atoms with Crippen LogP contribution >= 0.6 is 0 Å². The zero-order valence-electron chi connectivity index (χ0n) is 12.5. The molecule has 5 heteroatoms. The van der Waals surface area contributed by atoms with Crippen molar-refractivity contribution in [3.05, 3.63) is 47.5 Å². The van der Waals surface area contributed by atoms with Crippen LogP contribution in [0.25, 0.3) is 0 Å². The average molecular weight is 284 g/mol. The maximum Gasteiger partial charge on any atom is 0.201 e. The van der Waals surface area contributed by atoms with Gasteiger partial charge in [-0.25, -0.2) is 4.98 Å². The molecule has 1 aliphatic carbocycles. The van der Waals surface area contributed by atoms with Crippen LogP contribution < -0.4 is 0 Å². The number of benzene rings is 1. The molecule has 1 heterocycles. The summed E-state index contributed by atoms with van der Waals surface area (Å²) >= 11 is 0. The van der Waals surface area contributed by atoms with Crippen LogP contribution in [-0.2, 0) is 17.7 Å². The molecule has 3 rings (SSSR count). The molecule has 0 saturated heterocycles. The minimum absolute atomic E-state index is 0.0288. The van der Waals surface area contributed by atoms with E-state index in [0.717, 1.165) is 12.0 Å². The minimum atomic E-state index is 0.0288. The molecule has 1 aliphatic rings. The van der Waals surface area contributed by atoms with E-state index in [9.17, 15) is 0 Å². The first-order valence-electron chi connectivity index (χ1n) is 7.45. The third-order valence-corrected chi connectivity index (χ3v) is 3.59. The number of hydrogen-bond donors (Lipinski definition) is 0. The van der Waals surface area contributed by atoms with Gasteiger partial charge in [0.1, 0.15) is 18.8 Å². The van der Waals surface area contributed by atoms with E-state index >= 15 is 0 Å². The van der Waals surface area contributed by atoms with Crippen LogP contribution in [0.5, 0.6) is 0 Å². The van der Waals surface area contributed by atoms with Gasteiger partial charge in [-0.3, -0.25) is 0 Å². The summed E-state index contributed by atoms with van der Waals surface area (Å²) in [6.45, 7) is 3.91. The highest BCUT2D eigenvalue weighted by Gasteiger charge is 2.14. The summed E-state index contributed by atoms with van der Waals surface area (Å²) in [6.07, 6.45) is 8.03. The Morgan fingerprint density at radius 1 is 1.24 bits per heavy atom. The van der Waals surface area contributed by atoms with Crippen LogP contribution in [0.1, 0.15) is 43.4 Å². The van der Waals surface area contributed by atoms with E-state index in [4.69, 9.17) is 4.84 Å². The lowest BCUT2D eigenvalue weighted by atomic mass is 9.90. The fourth-order valence-corrected chi connectivity index (χ4v) is 2.57. The van der Waals surface area contributed by atoms with Gasteiger partial charge >= 0.3 is 0 Å². The van der Waals surface area contributed by atoms with Crippen molar-refractivity contribution < 1.29 is 4.84 Å². The van der Waals surface area contributed by atoms with Crippen molar-refractivity contribution >= 4 is 5.84 Å². The molecule has 1 aromatic carbocycles. The second kappa shape index (κ2) is 6.08. The molecule has 110 valence electrons. The Kier molecular flexibility index (Phi) is 3.99. The van der Waals surface area contributed by atoms with Crippen molar-refractivity contribution in [1.82, 2.24) is 14.8 Å². The number of oxime groups is 1. The van der Waals surface area contributed by atoms with Crippen molar-refractivity contribution in [2.75, 3.05) is 0 Å². The summed E-state index contributed by atoms with van der Waals surface area (Å²) in [5.74, 6) is 0.676. The fraction of sp³-hybridized carbons (Fsp3) is 0.438. The molecule has 0 atom stereocenters. The van der Waals surface area contributed by atoms with E-state index < -0.39 is 0 Å². The van der Waals surface area contributed by atoms with Gasteiger partial charge in [0.05, 0.1) is 0 Å². The van der Waals surface area contributed by atoms with Gasteiger partial charge < -0.3 is 4.84 Å². The lowest BCUT2D eigenvalue weighted by Gasteiger charge is -2.17. The number of nitrogens with zero attached hydrogens (tertiary/aromatic N) is 4. The van der Waals surface area contributed by atoms with E-state index in [-0.39, 0.29) is 6.10 Å². The van der Waals surface area contributed by atoms with Crippen LogP contribution in [0.4, 0.5) is 0 Å². The first-order chi connectivity index (χ1) is 10.2. The smallest absolute Gasteiger partial charge is 0.201 e. The highest BCUT2D eigenvalue weighted by atomic mass is 16.6. The number of aryl methyl sites for hydroxylation is 2. The largest absolute Gasteiger partial charge is 0.391 e. The Morgan fingerprint density at radius 3 is 2.76 bits per heavy atom. The lowest BCUT2D eigenvalue weighted by molar-refractivity contribution is 0.0851. The maximum absolute atomic E-state index is 5.43. The Hall–Kier alpha value is -2.17. The van der Waals surface area contributed by atoms with Gasteiger partial charge in [-0.2, -0.15) is 9.78 Å². The summed E-state index contributed by atoms with van der Waals surface area (Å²) in [6, 6.07) is 6.50. The predicted molar refractivity (Wildman–Crippen MR) is 81.3 cm³/mol. The molecular weight excluding hydrogens is 264 g/mol. The quantitative estimate of drug-likeness (QED) is 0.495. The first kappa shape index (κ1) is 13.8. The summed E-state index contributed by atoms with van der Waals surface area (Å²) in [4.78, 5) is 9.42. The molecule has 0 N–H and O–H groups in total. The van der Waals surface area contributed by atoms with Crippen LogP contribution in [-0.4, -0.2) is 26.7 Å². The molecule has 0 unspecified atom stereocenters. The third kappa shape index (κ3) is 3.12. The van der Waals surface area contributed by atoms with E-state index in [1.807, 2.05) is 13.8 Å². The van der Waals surface area contributed by atoms with Gasteiger partial charge in [-0.1, -0.05) is 17.3 Å². The van der Waals surface area contributed by atoms with Gasteiger partial charge in [-0.05, 0) is 56.7 Å². The molecule has 2 aromatic rings. The van der Waals surface area contributed by atoms with E-state index in [2.05, 4.69) is 33.4 Å². The minimum Gasteiger partial charge on any atom is -0.391 e. The fourth-order valence-electron chi connectivity index (χ4n) is 2.57. The highest BCUT2D eigenvalue weighted by Crippen LogP contribution is 2.22. The number of aromatic nitrogens is 3. The molecule has 0 fully saturated rings. The summed E-state index contributed by atoms with van der Waals surface area (Å²) in [5.41, 5.74) is 3.88. The summed E-state index contributed by atoms with van der Waals surface area (Å²) < 4.78 is 1.65. The van der Waals surface area contributed by atoms with Gasteiger partial charge in [0.15, 0.2) is 0 Å². The number of fused-ring (bicyclic) bond motifs is 1. The Labute approximate surface area is 124 Å². The third-order valence-electron chi connectivity index (χ3n) is 3.59. The molecule has 5 nitrogen and oxygen atoms in total. The lowest BCUT2D eigenvalue weighted by Crippen LogP contribution is -2.17. The molecule has 21 heavy (non-hydrogen) atoms. The summed E-state index contributed by atoms with van der Waals surface area (Å²) in [5, 5.41) is 8.44. The predicted octanol–water partition coefficient (Wildman–Crippen LogP) is 2.79. The number of rotatable bonds is 3. The van der Waals surface area contributed by atoms with E-state index in [1.54, 1.807) is 11.0 Å². The second-order valence-corrected chi connectivity index (χ2v) is 5.60. The van der Waals surface area contributed by atoms with Gasteiger partial charge in [-0.15, -0.1) is 0 Å². The van der Waals surface area contributed by atoms with Crippen molar-refractivity contribution in [2.24, 2.45) is 5.16 Å². The zero-order valence-corrected chi connectivity index (χ0v) is 12.5. The van der Waals surface area contributed by atoms with Crippen LogP contribution in [0.3, 0.4) is 0 Å². The Balaban J connectivity index is 1.98. The molecule has 0 saturated carbocycles. The molecule has 0 aliphatic heterocycles. The first-order valence-corrected chi connectivity index (χ1v) is 7.45. The average Bonchev–Trinajstić information content (AvgIpc) is 3.01. The number of hydrogen-bond acceptors (Lipinski definition) is 4. The van der Waals surface area contributed by atoms with Crippen molar-refractivity contribution in [1.29, 1.82) is 0 Å². The summed E-state index contributed by atoms with van der Waals surface area (Å²) in [7, 11) is 0. The van der Waals surface area contributed by atoms with Crippen molar-refractivity contribution in [3.8, 4) is 0 Å². The highest BCUT2D eigenvalue weighted by molar-refractivity contribution is 5.99. The maximum atomic E-state index is 5.43.